The summed E-state index contributed by atoms with van der Waals surface area (Å²) in [4.78, 5) is 72.9. The van der Waals surface area contributed by atoms with E-state index in [0.29, 0.717) is 32.1 Å². The molecule has 0 heterocycles. The van der Waals surface area contributed by atoms with E-state index in [1.54, 1.807) is 0 Å². The molecule has 0 aliphatic carbocycles. The number of phosphoric ester groups is 2. The van der Waals surface area contributed by atoms with Crippen molar-refractivity contribution in [2.24, 2.45) is 0 Å². The zero-order chi connectivity index (χ0) is 74.6. The molecule has 0 radical (unpaired) electrons. The number of unbranched alkanes of at least 4 members (excludes halogenated alkanes) is 13. The molecular formula is C83H132O17P2. The smallest absolute Gasteiger partial charge is 0.462 e. The molecule has 5 atom stereocenters. The van der Waals surface area contributed by atoms with E-state index >= 15 is 0 Å². The summed E-state index contributed by atoms with van der Waals surface area (Å²) < 4.78 is 68.4. The number of hydrogen-bond acceptors (Lipinski definition) is 15. The molecule has 0 rings (SSSR count). The highest BCUT2D eigenvalue weighted by Gasteiger charge is 2.30. The van der Waals surface area contributed by atoms with Crippen LogP contribution in [-0.2, 0) is 65.4 Å². The summed E-state index contributed by atoms with van der Waals surface area (Å²) in [6.07, 6.45) is 87.5. The first-order valence-corrected chi connectivity index (χ1v) is 41.0. The lowest BCUT2D eigenvalue weighted by Gasteiger charge is -2.21. The summed E-state index contributed by atoms with van der Waals surface area (Å²) in [5.74, 6) is -2.34. The number of carbonyl (C=O) groups excluding carboxylic acids is 4. The quantitative estimate of drug-likeness (QED) is 0.0169. The lowest BCUT2D eigenvalue weighted by atomic mass is 10.1. The van der Waals surface area contributed by atoms with Gasteiger partial charge in [-0.2, -0.15) is 0 Å². The van der Waals surface area contributed by atoms with Crippen molar-refractivity contribution in [3.8, 4) is 0 Å². The third-order valence-corrected chi connectivity index (χ3v) is 16.8. The van der Waals surface area contributed by atoms with Crippen molar-refractivity contribution in [1.82, 2.24) is 0 Å². The summed E-state index contributed by atoms with van der Waals surface area (Å²) in [6, 6.07) is 0. The fraction of sp³-hybridized carbons (Fsp3) is 0.590. The summed E-state index contributed by atoms with van der Waals surface area (Å²) in [5, 5.41) is 10.6. The predicted molar refractivity (Wildman–Crippen MR) is 417 cm³/mol. The van der Waals surface area contributed by atoms with Crippen molar-refractivity contribution in [1.29, 1.82) is 0 Å². The highest BCUT2D eigenvalue weighted by molar-refractivity contribution is 7.47. The van der Waals surface area contributed by atoms with E-state index in [-0.39, 0.29) is 25.7 Å². The lowest BCUT2D eigenvalue weighted by molar-refractivity contribution is -0.161. The molecule has 0 spiro atoms. The minimum atomic E-state index is -5.01. The SMILES string of the molecule is CC/C=C\C/C=C\C/C=C\C/C=C\CCCCCCC(=O)OCC(COP(=O)(O)OCC(O)COP(=O)(O)OCC(COC(=O)CCCC/C=C\C/C=C\C/C=C\C/C=C\CC)OC(=O)CCCC/C=C\C/C=C\C/C=C\C/C=C\CC)OC(=O)CCCCCCC/C=C\C/C=C\C/C=C\CC. The molecule has 0 aromatic rings. The fourth-order valence-electron chi connectivity index (χ4n) is 9.21. The molecule has 19 heteroatoms. The monoisotopic (exact) mass is 1460 g/mol. The van der Waals surface area contributed by atoms with Gasteiger partial charge in [-0.1, -0.05) is 242 Å². The first kappa shape index (κ1) is 96.2. The number of aliphatic hydroxyl groups excluding tert-OH is 1. The van der Waals surface area contributed by atoms with Crippen molar-refractivity contribution in [3.05, 3.63) is 182 Å². The molecular weight excluding hydrogens is 1330 g/mol. The van der Waals surface area contributed by atoms with Crippen LogP contribution in [-0.4, -0.2) is 96.7 Å². The van der Waals surface area contributed by atoms with Crippen molar-refractivity contribution >= 4 is 39.5 Å². The van der Waals surface area contributed by atoms with Gasteiger partial charge >= 0.3 is 39.5 Å². The topological polar surface area (TPSA) is 237 Å². The van der Waals surface area contributed by atoms with Crippen molar-refractivity contribution in [2.45, 2.75) is 277 Å². The van der Waals surface area contributed by atoms with Gasteiger partial charge in [-0.05, 0) is 173 Å². The van der Waals surface area contributed by atoms with E-state index in [0.717, 1.165) is 173 Å². The number of aliphatic hydroxyl groups is 1. The second-order valence-corrected chi connectivity index (χ2v) is 27.3. The van der Waals surface area contributed by atoms with Crippen LogP contribution in [0.25, 0.3) is 0 Å². The normalized spacial score (nSPS) is 14.9. The molecule has 0 aromatic heterocycles. The maximum atomic E-state index is 13.1. The van der Waals surface area contributed by atoms with E-state index in [1.165, 1.54) is 0 Å². The Bertz CT molecular complexity index is 2650. The highest BCUT2D eigenvalue weighted by atomic mass is 31.2. The molecule has 0 fully saturated rings. The van der Waals surface area contributed by atoms with E-state index in [2.05, 4.69) is 210 Å². The van der Waals surface area contributed by atoms with Gasteiger partial charge in [0.2, 0.25) is 0 Å². The second kappa shape index (κ2) is 73.5. The van der Waals surface area contributed by atoms with Crippen LogP contribution < -0.4 is 0 Å². The number of allylic oxidation sites excluding steroid dienone is 30. The molecule has 0 bridgehead atoms. The molecule has 3 N–H and O–H groups in total. The minimum Gasteiger partial charge on any atom is -0.462 e. The average Bonchev–Trinajstić information content (AvgIpc) is 0.923. The third-order valence-electron chi connectivity index (χ3n) is 14.9. The van der Waals surface area contributed by atoms with Gasteiger partial charge in [0.15, 0.2) is 12.2 Å². The number of phosphoric acid groups is 2. The largest absolute Gasteiger partial charge is 0.472 e. The number of rotatable bonds is 69. The Hall–Kier alpha value is -5.84. The summed E-state index contributed by atoms with van der Waals surface area (Å²) >= 11 is 0. The molecule has 0 saturated heterocycles. The number of esters is 4. The zero-order valence-electron chi connectivity index (χ0n) is 62.7. The molecule has 102 heavy (non-hydrogen) atoms. The zero-order valence-corrected chi connectivity index (χ0v) is 64.5. The predicted octanol–water partition coefficient (Wildman–Crippen LogP) is 22.0. The Morgan fingerprint density at radius 3 is 0.755 bits per heavy atom. The van der Waals surface area contributed by atoms with Crippen molar-refractivity contribution in [2.75, 3.05) is 39.6 Å². The maximum Gasteiger partial charge on any atom is 0.472 e. The van der Waals surface area contributed by atoms with Crippen LogP contribution in [0.5, 0.6) is 0 Å². The Labute approximate surface area is 615 Å². The van der Waals surface area contributed by atoms with Crippen LogP contribution in [0.1, 0.15) is 259 Å². The molecule has 17 nitrogen and oxygen atoms in total. The number of ether oxygens (including phenoxy) is 4. The lowest BCUT2D eigenvalue weighted by Crippen LogP contribution is -2.30. The van der Waals surface area contributed by atoms with E-state index in [1.807, 2.05) is 0 Å². The molecule has 0 amide bonds. The fourth-order valence-corrected chi connectivity index (χ4v) is 10.8. The van der Waals surface area contributed by atoms with Gasteiger partial charge in [-0.3, -0.25) is 37.3 Å². The van der Waals surface area contributed by atoms with Crippen LogP contribution in [0, 0.1) is 0 Å². The molecule has 0 saturated carbocycles. The van der Waals surface area contributed by atoms with Crippen molar-refractivity contribution in [3.63, 3.8) is 0 Å². The molecule has 0 aromatic carbocycles. The molecule has 0 aliphatic rings. The van der Waals surface area contributed by atoms with Gasteiger partial charge in [-0.25, -0.2) is 9.13 Å². The maximum absolute atomic E-state index is 13.1. The van der Waals surface area contributed by atoms with Crippen LogP contribution in [0.4, 0.5) is 0 Å². The second-order valence-electron chi connectivity index (χ2n) is 24.4. The van der Waals surface area contributed by atoms with E-state index < -0.39 is 97.5 Å². The van der Waals surface area contributed by atoms with Gasteiger partial charge in [0.1, 0.15) is 19.3 Å². The average molecular weight is 1460 g/mol. The van der Waals surface area contributed by atoms with Gasteiger partial charge in [0, 0.05) is 25.7 Å². The molecule has 576 valence electrons. The van der Waals surface area contributed by atoms with Crippen LogP contribution in [0.15, 0.2) is 182 Å². The Morgan fingerprint density at radius 1 is 0.275 bits per heavy atom. The molecule has 5 unspecified atom stereocenters. The van der Waals surface area contributed by atoms with Gasteiger partial charge < -0.3 is 33.8 Å². The summed E-state index contributed by atoms with van der Waals surface area (Å²) in [6.45, 7) is 4.23. The Balaban J connectivity index is 5.49. The van der Waals surface area contributed by atoms with Crippen LogP contribution in [0.3, 0.4) is 0 Å². The standard InChI is InChI=1S/C83H132O17P2/c1-5-9-13-17-21-25-29-33-37-38-42-44-48-52-56-60-64-68-81(86)94-74-79(100-83(88)70-66-62-58-54-50-46-41-36-32-28-24-20-16-12-8-4)76-98-102(91,92)96-72-77(84)71-95-101(89,90)97-75-78(99-82(87)69-65-61-57-53-49-45-40-35-31-27-23-19-15-11-7-3)73-93-80(85)67-63-59-55-51-47-43-39-34-30-26-22-18-14-10-6-2/h9-16,21-28,33-37,39-42,44,47,49,51,53,77-79,84H,5-8,17-20,29-32,38,43,45-46,48,50,52,54-76H2,1-4H3,(H,89,90)(H,91,92)/b13-9-,14-10-,15-11-,16-12-,25-21-,26-22-,27-23-,28-24-,37-33-,39-34-,40-35-,41-36-,44-42-,51-47-,53-49-. The highest BCUT2D eigenvalue weighted by Crippen LogP contribution is 2.45. The minimum absolute atomic E-state index is 0.0256. The third kappa shape index (κ3) is 72.5. The number of hydrogen-bond donors (Lipinski definition) is 3. The van der Waals surface area contributed by atoms with Gasteiger partial charge in [-0.15, -0.1) is 0 Å². The van der Waals surface area contributed by atoms with Crippen LogP contribution >= 0.6 is 15.6 Å². The first-order chi connectivity index (χ1) is 49.7. The Kier molecular flexibility index (Phi) is 69.3. The van der Waals surface area contributed by atoms with Crippen LogP contribution in [0.2, 0.25) is 0 Å². The van der Waals surface area contributed by atoms with Gasteiger partial charge in [0.25, 0.3) is 0 Å². The van der Waals surface area contributed by atoms with Gasteiger partial charge in [0.05, 0.1) is 26.4 Å². The summed E-state index contributed by atoms with van der Waals surface area (Å²) in [7, 11) is -10.0. The molecule has 0 aliphatic heterocycles. The summed E-state index contributed by atoms with van der Waals surface area (Å²) in [5.41, 5.74) is 0. The van der Waals surface area contributed by atoms with E-state index in [9.17, 15) is 43.2 Å². The van der Waals surface area contributed by atoms with Crippen molar-refractivity contribution < 1.29 is 80.2 Å². The van der Waals surface area contributed by atoms with E-state index in [4.69, 9.17) is 37.0 Å². The Morgan fingerprint density at radius 2 is 0.480 bits per heavy atom. The first-order valence-electron chi connectivity index (χ1n) is 38.0. The number of carbonyl (C=O) groups is 4.